The summed E-state index contributed by atoms with van der Waals surface area (Å²) in [5.74, 6) is 0.747. The molecule has 5 nitrogen and oxygen atoms in total. The highest BCUT2D eigenvalue weighted by Gasteiger charge is 2.39. The summed E-state index contributed by atoms with van der Waals surface area (Å²) in [5, 5.41) is 9.35. The number of rotatable bonds is 2. The lowest BCUT2D eigenvalue weighted by atomic mass is 9.80. The molecule has 1 aliphatic heterocycles. The van der Waals surface area contributed by atoms with Crippen LogP contribution in [0.5, 0.6) is 5.75 Å². The van der Waals surface area contributed by atoms with E-state index in [0.717, 1.165) is 5.75 Å². The van der Waals surface area contributed by atoms with Crippen molar-refractivity contribution in [1.29, 1.82) is 0 Å². The van der Waals surface area contributed by atoms with Gasteiger partial charge in [-0.25, -0.2) is 4.79 Å². The average Bonchev–Trinajstić information content (AvgIpc) is 2.37. The van der Waals surface area contributed by atoms with E-state index in [1.54, 1.807) is 11.0 Å². The third kappa shape index (κ3) is 3.80. The Bertz CT molecular complexity index is 510. The molecule has 1 amide bonds. The third-order valence-corrected chi connectivity index (χ3v) is 3.96. The number of amides is 1. The van der Waals surface area contributed by atoms with Crippen molar-refractivity contribution in [3.8, 4) is 5.75 Å². The SMILES string of the molecule is CC(C)(C)[C@H]1C[C@H](Oc2cccc(N)c2)CCN1C(=O)O. The van der Waals surface area contributed by atoms with Gasteiger partial charge in [-0.15, -0.1) is 0 Å². The summed E-state index contributed by atoms with van der Waals surface area (Å²) >= 11 is 0. The minimum atomic E-state index is -0.850. The van der Waals surface area contributed by atoms with Crippen molar-refractivity contribution in [2.24, 2.45) is 5.41 Å². The Morgan fingerprint density at radius 1 is 1.43 bits per heavy atom. The fourth-order valence-corrected chi connectivity index (χ4v) is 2.87. The van der Waals surface area contributed by atoms with Crippen LogP contribution in [0.1, 0.15) is 33.6 Å². The maximum absolute atomic E-state index is 11.4. The second-order valence-electron chi connectivity index (χ2n) is 6.69. The number of nitrogens with zero attached hydrogens (tertiary/aromatic N) is 1. The van der Waals surface area contributed by atoms with E-state index in [1.807, 2.05) is 18.2 Å². The maximum atomic E-state index is 11.4. The Kier molecular flexibility index (Phi) is 4.30. The summed E-state index contributed by atoms with van der Waals surface area (Å²) in [6.07, 6.45) is 0.571. The van der Waals surface area contributed by atoms with E-state index in [1.165, 1.54) is 0 Å². The lowest BCUT2D eigenvalue weighted by Crippen LogP contribution is -2.53. The summed E-state index contributed by atoms with van der Waals surface area (Å²) in [7, 11) is 0. The van der Waals surface area contributed by atoms with Gasteiger partial charge in [-0.1, -0.05) is 26.8 Å². The summed E-state index contributed by atoms with van der Waals surface area (Å²) in [4.78, 5) is 12.9. The molecule has 1 aromatic rings. The lowest BCUT2D eigenvalue weighted by molar-refractivity contribution is 0.0130. The smallest absolute Gasteiger partial charge is 0.407 e. The average molecular weight is 292 g/mol. The Balaban J connectivity index is 2.09. The molecule has 5 heteroatoms. The van der Waals surface area contributed by atoms with E-state index in [-0.39, 0.29) is 17.6 Å². The number of nitrogens with two attached hydrogens (primary N) is 1. The fourth-order valence-electron chi connectivity index (χ4n) is 2.87. The number of carboxylic acid groups (broad SMARTS) is 1. The number of likely N-dealkylation sites (tertiary alicyclic amines) is 1. The zero-order valence-corrected chi connectivity index (χ0v) is 12.9. The van der Waals surface area contributed by atoms with E-state index in [0.29, 0.717) is 25.1 Å². The number of hydrogen-bond acceptors (Lipinski definition) is 3. The van der Waals surface area contributed by atoms with E-state index in [9.17, 15) is 9.90 Å². The second-order valence-corrected chi connectivity index (χ2v) is 6.69. The molecule has 1 heterocycles. The topological polar surface area (TPSA) is 75.8 Å². The summed E-state index contributed by atoms with van der Waals surface area (Å²) in [6.45, 7) is 6.70. The summed E-state index contributed by atoms with van der Waals surface area (Å²) < 4.78 is 5.99. The van der Waals surface area contributed by atoms with Crippen LogP contribution in [-0.4, -0.2) is 34.8 Å². The molecule has 0 radical (unpaired) electrons. The molecule has 3 N–H and O–H groups in total. The molecular formula is C16H24N2O3. The first-order chi connectivity index (χ1) is 9.77. The van der Waals surface area contributed by atoms with Gasteiger partial charge in [0.2, 0.25) is 0 Å². The first kappa shape index (κ1) is 15.5. The highest BCUT2D eigenvalue weighted by molar-refractivity contribution is 5.65. The molecule has 0 bridgehead atoms. The first-order valence-electron chi connectivity index (χ1n) is 7.29. The quantitative estimate of drug-likeness (QED) is 0.821. The Morgan fingerprint density at radius 3 is 2.71 bits per heavy atom. The molecule has 116 valence electrons. The normalized spacial score (nSPS) is 22.9. The third-order valence-electron chi connectivity index (χ3n) is 3.96. The van der Waals surface area contributed by atoms with E-state index < -0.39 is 6.09 Å². The van der Waals surface area contributed by atoms with E-state index in [2.05, 4.69) is 20.8 Å². The van der Waals surface area contributed by atoms with Crippen LogP contribution in [0.25, 0.3) is 0 Å². The van der Waals surface area contributed by atoms with E-state index in [4.69, 9.17) is 10.5 Å². The number of anilines is 1. The van der Waals surface area contributed by atoms with Gasteiger partial charge in [-0.3, -0.25) is 0 Å². The molecule has 0 unspecified atom stereocenters. The van der Waals surface area contributed by atoms with Crippen LogP contribution in [0.15, 0.2) is 24.3 Å². The summed E-state index contributed by atoms with van der Waals surface area (Å²) in [6, 6.07) is 7.31. The van der Waals surface area contributed by atoms with Crippen LogP contribution in [-0.2, 0) is 0 Å². The standard InChI is InChI=1S/C16H24N2O3/c1-16(2,3)14-10-13(7-8-18(14)15(19)20)21-12-6-4-5-11(17)9-12/h4-6,9,13-14H,7-8,10,17H2,1-3H3,(H,19,20)/t13-,14-/m1/s1. The maximum Gasteiger partial charge on any atom is 0.407 e. The van der Waals surface area contributed by atoms with Crippen molar-refractivity contribution in [3.05, 3.63) is 24.3 Å². The minimum Gasteiger partial charge on any atom is -0.490 e. The van der Waals surface area contributed by atoms with Crippen LogP contribution in [0, 0.1) is 5.41 Å². The van der Waals surface area contributed by atoms with Crippen molar-refractivity contribution in [2.75, 3.05) is 12.3 Å². The molecule has 0 spiro atoms. The highest BCUT2D eigenvalue weighted by Crippen LogP contribution is 2.33. The summed E-state index contributed by atoms with van der Waals surface area (Å²) in [5.41, 5.74) is 6.31. The van der Waals surface area contributed by atoms with Crippen LogP contribution >= 0.6 is 0 Å². The van der Waals surface area contributed by atoms with Crippen LogP contribution in [0.3, 0.4) is 0 Å². The van der Waals surface area contributed by atoms with Gasteiger partial charge in [0.15, 0.2) is 0 Å². The van der Waals surface area contributed by atoms with Crippen molar-refractivity contribution >= 4 is 11.8 Å². The lowest BCUT2D eigenvalue weighted by Gasteiger charge is -2.44. The number of carbonyl (C=O) groups is 1. The molecule has 0 aromatic heterocycles. The fraction of sp³-hybridized carbons (Fsp3) is 0.562. The van der Waals surface area contributed by atoms with Crippen LogP contribution in [0.4, 0.5) is 10.5 Å². The largest absolute Gasteiger partial charge is 0.490 e. The van der Waals surface area contributed by atoms with Gasteiger partial charge < -0.3 is 20.5 Å². The molecule has 0 aliphatic carbocycles. The number of benzene rings is 1. The van der Waals surface area contributed by atoms with Gasteiger partial charge in [0, 0.05) is 37.2 Å². The van der Waals surface area contributed by atoms with Gasteiger partial charge >= 0.3 is 6.09 Å². The molecule has 2 rings (SSSR count). The van der Waals surface area contributed by atoms with Gasteiger partial charge in [0.25, 0.3) is 0 Å². The van der Waals surface area contributed by atoms with E-state index >= 15 is 0 Å². The first-order valence-corrected chi connectivity index (χ1v) is 7.29. The minimum absolute atomic E-state index is 0.0200. The van der Waals surface area contributed by atoms with Crippen LogP contribution in [0.2, 0.25) is 0 Å². The number of piperidine rings is 1. The zero-order chi connectivity index (χ0) is 15.6. The van der Waals surface area contributed by atoms with Crippen LogP contribution < -0.4 is 10.5 Å². The molecular weight excluding hydrogens is 268 g/mol. The predicted octanol–water partition coefficient (Wildman–Crippen LogP) is 3.20. The highest BCUT2D eigenvalue weighted by atomic mass is 16.5. The zero-order valence-electron chi connectivity index (χ0n) is 12.9. The van der Waals surface area contributed by atoms with Gasteiger partial charge in [-0.2, -0.15) is 0 Å². The Labute approximate surface area is 125 Å². The van der Waals surface area contributed by atoms with Crippen molar-refractivity contribution in [1.82, 2.24) is 4.90 Å². The Hall–Kier alpha value is -1.91. The molecule has 21 heavy (non-hydrogen) atoms. The van der Waals surface area contributed by atoms with Crippen molar-refractivity contribution < 1.29 is 14.6 Å². The van der Waals surface area contributed by atoms with Gasteiger partial charge in [0.05, 0.1) is 0 Å². The molecule has 0 saturated carbocycles. The molecule has 1 fully saturated rings. The van der Waals surface area contributed by atoms with Crippen molar-refractivity contribution in [2.45, 2.75) is 45.8 Å². The van der Waals surface area contributed by atoms with Gasteiger partial charge in [0.1, 0.15) is 11.9 Å². The molecule has 1 aliphatic rings. The second kappa shape index (κ2) is 5.84. The number of nitrogen functional groups attached to an aromatic ring is 1. The number of ether oxygens (including phenoxy) is 1. The van der Waals surface area contributed by atoms with Gasteiger partial charge in [-0.05, 0) is 17.5 Å². The monoisotopic (exact) mass is 292 g/mol. The Morgan fingerprint density at radius 2 is 2.14 bits per heavy atom. The number of hydrogen-bond donors (Lipinski definition) is 2. The molecule has 1 aromatic carbocycles. The molecule has 2 atom stereocenters. The van der Waals surface area contributed by atoms with Crippen molar-refractivity contribution in [3.63, 3.8) is 0 Å². The molecule has 1 saturated heterocycles. The predicted molar refractivity (Wildman–Crippen MR) is 82.5 cm³/mol.